The first kappa shape index (κ1) is 16.6. The van der Waals surface area contributed by atoms with Crippen LogP contribution in [0.5, 0.6) is 0 Å². The summed E-state index contributed by atoms with van der Waals surface area (Å²) in [6, 6.07) is 3.32. The molecule has 0 aromatic heterocycles. The van der Waals surface area contributed by atoms with E-state index in [1.165, 1.54) is 11.6 Å². The lowest BCUT2D eigenvalue weighted by atomic mass is 10.2. The molecule has 1 aliphatic heterocycles. The van der Waals surface area contributed by atoms with Crippen molar-refractivity contribution in [2.24, 2.45) is 0 Å². The van der Waals surface area contributed by atoms with Gasteiger partial charge in [0.1, 0.15) is 0 Å². The number of allylic oxidation sites excluding steroid dienone is 1. The summed E-state index contributed by atoms with van der Waals surface area (Å²) in [7, 11) is 0. The van der Waals surface area contributed by atoms with Gasteiger partial charge in [-0.2, -0.15) is 0 Å². The summed E-state index contributed by atoms with van der Waals surface area (Å²) in [5, 5.41) is 0. The number of carbonyl (C=O) groups excluding carboxylic acids is 1. The maximum atomic E-state index is 13.3. The van der Waals surface area contributed by atoms with Crippen molar-refractivity contribution in [1.82, 2.24) is 9.80 Å². The van der Waals surface area contributed by atoms with Gasteiger partial charge in [-0.15, -0.1) is 0 Å². The largest absolute Gasteiger partial charge is 0.337 e. The zero-order valence-corrected chi connectivity index (χ0v) is 13.1. The maximum absolute atomic E-state index is 13.3. The molecular weight excluding hydrogens is 286 g/mol. The average Bonchev–Trinajstić information content (AvgIpc) is 2.73. The Hall–Kier alpha value is -1.75. The predicted octanol–water partition coefficient (Wildman–Crippen LogP) is 3.08. The van der Waals surface area contributed by atoms with Crippen molar-refractivity contribution in [1.29, 1.82) is 0 Å². The van der Waals surface area contributed by atoms with Crippen molar-refractivity contribution in [3.05, 3.63) is 47.0 Å². The summed E-state index contributed by atoms with van der Waals surface area (Å²) < 4.78 is 26.2. The molecule has 0 spiro atoms. The van der Waals surface area contributed by atoms with Gasteiger partial charge in [-0.05, 0) is 38.5 Å². The first-order valence-electron chi connectivity index (χ1n) is 7.57. The Labute approximate surface area is 130 Å². The zero-order valence-electron chi connectivity index (χ0n) is 13.1. The third-order valence-electron chi connectivity index (χ3n) is 3.80. The molecule has 0 radical (unpaired) electrons. The van der Waals surface area contributed by atoms with Crippen LogP contribution in [-0.2, 0) is 0 Å². The molecule has 1 fully saturated rings. The Balaban J connectivity index is 1.99. The Morgan fingerprint density at radius 3 is 2.59 bits per heavy atom. The first-order valence-corrected chi connectivity index (χ1v) is 7.57. The van der Waals surface area contributed by atoms with Crippen LogP contribution in [0, 0.1) is 11.6 Å². The number of rotatable bonds is 3. The molecule has 1 amide bonds. The Bertz CT molecular complexity index is 568. The zero-order chi connectivity index (χ0) is 16.1. The molecule has 22 heavy (non-hydrogen) atoms. The second-order valence-corrected chi connectivity index (χ2v) is 5.86. The fraction of sp³-hybridized carbons (Fsp3) is 0.471. The summed E-state index contributed by atoms with van der Waals surface area (Å²) in [6.45, 7) is 7.99. The second-order valence-electron chi connectivity index (χ2n) is 5.86. The molecule has 1 aromatic rings. The molecule has 2 rings (SSSR count). The van der Waals surface area contributed by atoms with Crippen LogP contribution in [0.15, 0.2) is 29.8 Å². The van der Waals surface area contributed by atoms with Crippen molar-refractivity contribution in [2.75, 3.05) is 32.7 Å². The molecular formula is C17H22F2N2O. The molecule has 0 unspecified atom stereocenters. The highest BCUT2D eigenvalue weighted by Crippen LogP contribution is 2.13. The minimum absolute atomic E-state index is 0.205. The van der Waals surface area contributed by atoms with E-state index in [0.717, 1.165) is 38.2 Å². The van der Waals surface area contributed by atoms with Crippen molar-refractivity contribution < 1.29 is 13.6 Å². The van der Waals surface area contributed by atoms with E-state index in [0.29, 0.717) is 13.1 Å². The van der Waals surface area contributed by atoms with Gasteiger partial charge in [0.25, 0.3) is 5.91 Å². The van der Waals surface area contributed by atoms with Gasteiger partial charge in [0, 0.05) is 38.3 Å². The van der Waals surface area contributed by atoms with Crippen molar-refractivity contribution in [3.8, 4) is 0 Å². The molecule has 120 valence electrons. The van der Waals surface area contributed by atoms with Crippen LogP contribution in [0.25, 0.3) is 0 Å². The van der Waals surface area contributed by atoms with Crippen LogP contribution in [0.2, 0.25) is 0 Å². The van der Waals surface area contributed by atoms with Gasteiger partial charge in [0.15, 0.2) is 11.6 Å². The van der Waals surface area contributed by atoms with Crippen LogP contribution < -0.4 is 0 Å². The number of halogens is 2. The summed E-state index contributed by atoms with van der Waals surface area (Å²) in [5.74, 6) is -2.14. The van der Waals surface area contributed by atoms with Gasteiger partial charge < -0.3 is 4.90 Å². The molecule has 0 saturated carbocycles. The van der Waals surface area contributed by atoms with Crippen LogP contribution >= 0.6 is 0 Å². The third kappa shape index (κ3) is 4.37. The van der Waals surface area contributed by atoms with E-state index in [9.17, 15) is 13.6 Å². The summed E-state index contributed by atoms with van der Waals surface area (Å²) in [5.41, 5.74) is 1.48. The summed E-state index contributed by atoms with van der Waals surface area (Å²) >= 11 is 0. The molecule has 0 N–H and O–H groups in total. The number of amides is 1. The van der Waals surface area contributed by atoms with E-state index < -0.39 is 11.6 Å². The van der Waals surface area contributed by atoms with Crippen LogP contribution in [0.4, 0.5) is 8.78 Å². The first-order chi connectivity index (χ1) is 10.5. The number of hydrogen-bond acceptors (Lipinski definition) is 2. The van der Waals surface area contributed by atoms with E-state index in [4.69, 9.17) is 0 Å². The fourth-order valence-corrected chi connectivity index (χ4v) is 2.48. The van der Waals surface area contributed by atoms with Gasteiger partial charge in [-0.1, -0.05) is 11.6 Å². The van der Waals surface area contributed by atoms with E-state index in [1.54, 1.807) is 4.90 Å². The second kappa shape index (κ2) is 7.49. The van der Waals surface area contributed by atoms with E-state index in [-0.39, 0.29) is 11.5 Å². The molecule has 5 heteroatoms. The van der Waals surface area contributed by atoms with Crippen LogP contribution in [-0.4, -0.2) is 48.4 Å². The number of benzene rings is 1. The summed E-state index contributed by atoms with van der Waals surface area (Å²) in [4.78, 5) is 16.4. The van der Waals surface area contributed by atoms with Crippen molar-refractivity contribution in [3.63, 3.8) is 0 Å². The highest BCUT2D eigenvalue weighted by molar-refractivity contribution is 5.94. The quantitative estimate of drug-likeness (QED) is 0.801. The van der Waals surface area contributed by atoms with E-state index >= 15 is 0 Å². The van der Waals surface area contributed by atoms with E-state index in [2.05, 4.69) is 24.8 Å². The lowest BCUT2D eigenvalue weighted by Crippen LogP contribution is -2.35. The molecule has 1 aliphatic rings. The molecule has 1 saturated heterocycles. The lowest BCUT2D eigenvalue weighted by molar-refractivity contribution is 0.0761. The Kier molecular flexibility index (Phi) is 5.66. The predicted molar refractivity (Wildman–Crippen MR) is 82.7 cm³/mol. The standard InChI is InChI=1S/C17H22F2N2O/c1-13(2)6-9-20-7-3-8-21(11-10-20)17(22)14-4-5-15(18)16(19)12-14/h4-6,12H,3,7-11H2,1-2H3. The molecule has 0 atom stereocenters. The van der Waals surface area contributed by atoms with Gasteiger partial charge >= 0.3 is 0 Å². The minimum atomic E-state index is -0.981. The molecule has 0 aliphatic carbocycles. The third-order valence-corrected chi connectivity index (χ3v) is 3.80. The minimum Gasteiger partial charge on any atom is -0.337 e. The normalized spacial score (nSPS) is 16.3. The molecule has 1 aromatic carbocycles. The number of nitrogens with zero attached hydrogens (tertiary/aromatic N) is 2. The highest BCUT2D eigenvalue weighted by Gasteiger charge is 2.20. The Morgan fingerprint density at radius 2 is 1.91 bits per heavy atom. The van der Waals surface area contributed by atoms with Gasteiger partial charge in [-0.25, -0.2) is 8.78 Å². The van der Waals surface area contributed by atoms with E-state index in [1.807, 2.05) is 0 Å². The average molecular weight is 308 g/mol. The number of carbonyl (C=O) groups is 1. The fourth-order valence-electron chi connectivity index (χ4n) is 2.48. The van der Waals surface area contributed by atoms with Gasteiger partial charge in [-0.3, -0.25) is 9.69 Å². The Morgan fingerprint density at radius 1 is 1.14 bits per heavy atom. The van der Waals surface area contributed by atoms with Crippen LogP contribution in [0.3, 0.4) is 0 Å². The summed E-state index contributed by atoms with van der Waals surface area (Å²) in [6.07, 6.45) is 3.05. The van der Waals surface area contributed by atoms with Gasteiger partial charge in [0.05, 0.1) is 0 Å². The number of hydrogen-bond donors (Lipinski definition) is 0. The maximum Gasteiger partial charge on any atom is 0.254 e. The van der Waals surface area contributed by atoms with Gasteiger partial charge in [0.2, 0.25) is 0 Å². The topological polar surface area (TPSA) is 23.6 Å². The molecule has 0 bridgehead atoms. The molecule has 1 heterocycles. The molecule has 3 nitrogen and oxygen atoms in total. The van der Waals surface area contributed by atoms with Crippen molar-refractivity contribution >= 4 is 5.91 Å². The van der Waals surface area contributed by atoms with Crippen LogP contribution in [0.1, 0.15) is 30.6 Å². The monoisotopic (exact) mass is 308 g/mol. The lowest BCUT2D eigenvalue weighted by Gasteiger charge is -2.21. The highest BCUT2D eigenvalue weighted by atomic mass is 19.2. The van der Waals surface area contributed by atoms with Crippen molar-refractivity contribution in [2.45, 2.75) is 20.3 Å². The smallest absolute Gasteiger partial charge is 0.254 e. The SMILES string of the molecule is CC(C)=CCN1CCCN(C(=O)c2ccc(F)c(F)c2)CC1.